The molecule has 0 spiro atoms. The minimum absolute atomic E-state index is 0.133. The summed E-state index contributed by atoms with van der Waals surface area (Å²) in [5.74, 6) is -1.28. The molecule has 0 fully saturated rings. The zero-order chi connectivity index (χ0) is 17.9. The van der Waals surface area contributed by atoms with E-state index in [9.17, 15) is 22.8 Å². The number of hydrogen-bond donors (Lipinski definition) is 3. The Hall–Kier alpha value is -2.55. The highest BCUT2D eigenvalue weighted by Gasteiger charge is 2.37. The molecule has 10 heteroatoms. The van der Waals surface area contributed by atoms with Crippen molar-refractivity contribution in [2.45, 2.75) is 19.5 Å². The van der Waals surface area contributed by atoms with E-state index in [4.69, 9.17) is 11.6 Å². The number of benzene rings is 1. The summed E-state index contributed by atoms with van der Waals surface area (Å²) >= 11 is 5.89. The zero-order valence-corrected chi connectivity index (χ0v) is 13.0. The van der Waals surface area contributed by atoms with Gasteiger partial charge in [0.05, 0.1) is 11.8 Å². The molecule has 128 valence electrons. The van der Waals surface area contributed by atoms with Crippen molar-refractivity contribution in [3.63, 3.8) is 0 Å². The van der Waals surface area contributed by atoms with E-state index in [1.54, 1.807) is 12.0 Å². The summed E-state index contributed by atoms with van der Waals surface area (Å²) in [6, 6.07) is 4.17. The van der Waals surface area contributed by atoms with Gasteiger partial charge in [0.25, 0.3) is 5.91 Å². The Balaban J connectivity index is 2.24. The Labute approximate surface area is 139 Å². The molecule has 1 heterocycles. The summed E-state index contributed by atoms with van der Waals surface area (Å²) < 4.78 is 38.3. The first-order valence-corrected chi connectivity index (χ1v) is 7.11. The topological polar surface area (TPSA) is 86.9 Å². The van der Waals surface area contributed by atoms with Crippen LogP contribution in [-0.2, 0) is 11.0 Å². The maximum Gasteiger partial charge on any atom is 0.433 e. The number of carbonyl (C=O) groups is 2. The SMILES string of the molecule is CCC(=O)Nc1cc(Cl)cc(NC(=O)c2cn[nH]c2C(F)(F)F)c1. The van der Waals surface area contributed by atoms with E-state index in [1.165, 1.54) is 18.2 Å². The first kappa shape index (κ1) is 17.8. The summed E-state index contributed by atoms with van der Waals surface area (Å²) in [5.41, 5.74) is -1.45. The number of aromatic amines is 1. The summed E-state index contributed by atoms with van der Waals surface area (Å²) in [5, 5.41) is 10.0. The first-order valence-electron chi connectivity index (χ1n) is 6.73. The molecule has 24 heavy (non-hydrogen) atoms. The fourth-order valence-corrected chi connectivity index (χ4v) is 2.09. The number of aromatic nitrogens is 2. The Bertz CT molecular complexity index is 774. The lowest BCUT2D eigenvalue weighted by Crippen LogP contribution is -2.18. The third-order valence-electron chi connectivity index (χ3n) is 2.93. The van der Waals surface area contributed by atoms with E-state index in [0.717, 1.165) is 6.20 Å². The van der Waals surface area contributed by atoms with Crippen LogP contribution in [0.15, 0.2) is 24.4 Å². The van der Waals surface area contributed by atoms with Crippen molar-refractivity contribution in [1.29, 1.82) is 0 Å². The van der Waals surface area contributed by atoms with Crippen molar-refractivity contribution in [3.05, 3.63) is 40.7 Å². The molecule has 0 unspecified atom stereocenters. The zero-order valence-electron chi connectivity index (χ0n) is 12.3. The molecule has 2 amide bonds. The van der Waals surface area contributed by atoms with Crippen LogP contribution in [0.4, 0.5) is 24.5 Å². The number of alkyl halides is 3. The standard InChI is InChI=1S/C14H12ClF3N4O2/c1-2-11(23)20-8-3-7(15)4-9(5-8)21-13(24)10-6-19-22-12(10)14(16,17)18/h3-6H,2H2,1H3,(H,19,22)(H,20,23)(H,21,24). The van der Waals surface area contributed by atoms with Gasteiger partial charge in [-0.1, -0.05) is 18.5 Å². The molecular weight excluding hydrogens is 349 g/mol. The van der Waals surface area contributed by atoms with Crippen LogP contribution in [0.5, 0.6) is 0 Å². The number of nitrogens with one attached hydrogen (secondary N) is 3. The van der Waals surface area contributed by atoms with Gasteiger partial charge in [-0.25, -0.2) is 0 Å². The van der Waals surface area contributed by atoms with Crippen molar-refractivity contribution >= 4 is 34.8 Å². The highest BCUT2D eigenvalue weighted by atomic mass is 35.5. The molecule has 0 aliphatic carbocycles. The van der Waals surface area contributed by atoms with E-state index >= 15 is 0 Å². The van der Waals surface area contributed by atoms with Crippen molar-refractivity contribution < 1.29 is 22.8 Å². The fourth-order valence-electron chi connectivity index (χ4n) is 1.86. The van der Waals surface area contributed by atoms with Gasteiger partial charge in [-0.05, 0) is 18.2 Å². The molecule has 0 bridgehead atoms. The number of amides is 2. The maximum atomic E-state index is 12.8. The Morgan fingerprint density at radius 2 is 1.83 bits per heavy atom. The molecule has 6 nitrogen and oxygen atoms in total. The van der Waals surface area contributed by atoms with E-state index < -0.39 is 23.3 Å². The second-order valence-corrected chi connectivity index (χ2v) is 5.18. The second kappa shape index (κ2) is 6.91. The van der Waals surface area contributed by atoms with Crippen LogP contribution in [0.25, 0.3) is 0 Å². The van der Waals surface area contributed by atoms with Gasteiger partial charge in [-0.2, -0.15) is 18.3 Å². The predicted octanol–water partition coefficient (Wildman–Crippen LogP) is 3.68. The van der Waals surface area contributed by atoms with Gasteiger partial charge >= 0.3 is 6.18 Å². The lowest BCUT2D eigenvalue weighted by molar-refractivity contribution is -0.141. The first-order chi connectivity index (χ1) is 11.2. The molecule has 2 rings (SSSR count). The quantitative estimate of drug-likeness (QED) is 0.777. The molecule has 1 aromatic heterocycles. The summed E-state index contributed by atoms with van der Waals surface area (Å²) in [6.45, 7) is 1.65. The Morgan fingerprint density at radius 1 is 1.21 bits per heavy atom. The van der Waals surface area contributed by atoms with Gasteiger partial charge in [0.1, 0.15) is 0 Å². The average molecular weight is 361 g/mol. The summed E-state index contributed by atoms with van der Waals surface area (Å²) in [6.07, 6.45) is -3.72. The van der Waals surface area contributed by atoms with Crippen LogP contribution in [0.2, 0.25) is 5.02 Å². The number of hydrogen-bond acceptors (Lipinski definition) is 3. The average Bonchev–Trinajstić information content (AvgIpc) is 2.96. The molecule has 0 saturated carbocycles. The lowest BCUT2D eigenvalue weighted by Gasteiger charge is -2.10. The van der Waals surface area contributed by atoms with Gasteiger partial charge in [0, 0.05) is 22.8 Å². The van der Waals surface area contributed by atoms with E-state index in [0.29, 0.717) is 5.69 Å². The van der Waals surface area contributed by atoms with Crippen molar-refractivity contribution in [3.8, 4) is 0 Å². The third-order valence-corrected chi connectivity index (χ3v) is 3.15. The van der Waals surface area contributed by atoms with Crippen LogP contribution >= 0.6 is 11.6 Å². The molecule has 0 saturated heterocycles. The molecule has 3 N–H and O–H groups in total. The van der Waals surface area contributed by atoms with Crippen LogP contribution in [-0.4, -0.2) is 22.0 Å². The van der Waals surface area contributed by atoms with Crippen LogP contribution < -0.4 is 10.6 Å². The second-order valence-electron chi connectivity index (χ2n) is 4.74. The molecule has 1 aromatic carbocycles. The monoisotopic (exact) mass is 360 g/mol. The van der Waals surface area contributed by atoms with Gasteiger partial charge in [0.15, 0.2) is 5.69 Å². The maximum absolute atomic E-state index is 12.8. The minimum Gasteiger partial charge on any atom is -0.326 e. The van der Waals surface area contributed by atoms with Crippen molar-refractivity contribution in [1.82, 2.24) is 10.2 Å². The van der Waals surface area contributed by atoms with Gasteiger partial charge in [0.2, 0.25) is 5.91 Å². The molecule has 2 aromatic rings. The molecule has 0 aliphatic rings. The molecule has 0 aliphatic heterocycles. The number of nitrogens with zero attached hydrogens (tertiary/aromatic N) is 1. The number of halogens is 4. The van der Waals surface area contributed by atoms with E-state index in [2.05, 4.69) is 15.7 Å². The number of rotatable bonds is 4. The third kappa shape index (κ3) is 4.25. The van der Waals surface area contributed by atoms with Crippen LogP contribution in [0.3, 0.4) is 0 Å². The van der Waals surface area contributed by atoms with Crippen molar-refractivity contribution in [2.75, 3.05) is 10.6 Å². The van der Waals surface area contributed by atoms with Crippen LogP contribution in [0, 0.1) is 0 Å². The predicted molar refractivity (Wildman–Crippen MR) is 81.9 cm³/mol. The smallest absolute Gasteiger partial charge is 0.326 e. The van der Waals surface area contributed by atoms with Gasteiger partial charge in [-0.3, -0.25) is 14.7 Å². The fraction of sp³-hybridized carbons (Fsp3) is 0.214. The highest BCUT2D eigenvalue weighted by molar-refractivity contribution is 6.31. The molecular formula is C14H12ClF3N4O2. The van der Waals surface area contributed by atoms with Crippen LogP contribution in [0.1, 0.15) is 29.4 Å². The van der Waals surface area contributed by atoms with Gasteiger partial charge in [-0.15, -0.1) is 0 Å². The Morgan fingerprint density at radius 3 is 2.42 bits per heavy atom. The van der Waals surface area contributed by atoms with E-state index in [1.807, 2.05) is 0 Å². The number of anilines is 2. The lowest BCUT2D eigenvalue weighted by atomic mass is 10.2. The van der Waals surface area contributed by atoms with E-state index in [-0.39, 0.29) is 23.0 Å². The molecule has 0 radical (unpaired) electrons. The van der Waals surface area contributed by atoms with Gasteiger partial charge < -0.3 is 10.6 Å². The number of H-pyrrole nitrogens is 1. The summed E-state index contributed by atoms with van der Waals surface area (Å²) in [4.78, 5) is 23.4. The highest BCUT2D eigenvalue weighted by Crippen LogP contribution is 2.30. The normalized spacial score (nSPS) is 11.2. The number of carbonyl (C=O) groups excluding carboxylic acids is 2. The minimum atomic E-state index is -4.74. The largest absolute Gasteiger partial charge is 0.433 e. The summed E-state index contributed by atoms with van der Waals surface area (Å²) in [7, 11) is 0. The Kier molecular flexibility index (Phi) is 5.13. The molecule has 0 atom stereocenters. The van der Waals surface area contributed by atoms with Crippen molar-refractivity contribution in [2.24, 2.45) is 0 Å².